The van der Waals surface area contributed by atoms with E-state index in [1.54, 1.807) is 0 Å². The van der Waals surface area contributed by atoms with Crippen LogP contribution in [0, 0.1) is 12.0 Å². The number of H-pyrrole nitrogens is 1. The Morgan fingerprint density at radius 2 is 1.95 bits per heavy atom. The van der Waals surface area contributed by atoms with Gasteiger partial charge in [0.15, 0.2) is 0 Å². The highest BCUT2D eigenvalue weighted by Gasteiger charge is 2.28. The Kier molecular flexibility index (Phi) is 8.80. The molecule has 2 aromatic rings. The van der Waals surface area contributed by atoms with Crippen LogP contribution in [0.5, 0.6) is 0 Å². The first kappa shape index (κ1) is 27.1. The summed E-state index contributed by atoms with van der Waals surface area (Å²) in [7, 11) is 0. The number of allylic oxidation sites excluding steroid dienone is 2. The van der Waals surface area contributed by atoms with Crippen LogP contribution in [0.15, 0.2) is 30.5 Å². The molecule has 0 spiro atoms. The smallest absolute Gasteiger partial charge is 0.314 e. The fourth-order valence-corrected chi connectivity index (χ4v) is 5.69. The van der Waals surface area contributed by atoms with Gasteiger partial charge in [-0.15, -0.1) is 0 Å². The predicted octanol–water partition coefficient (Wildman–Crippen LogP) is 5.12. The Hall–Kier alpha value is -2.99. The number of hydrogen-bond donors (Lipinski definition) is 4. The molecule has 1 aromatic heterocycles. The molecule has 4 N–H and O–H groups in total. The largest absolute Gasteiger partial charge is 0.395 e. The zero-order valence-electron chi connectivity index (χ0n) is 22.0. The van der Waals surface area contributed by atoms with Gasteiger partial charge in [-0.2, -0.15) is 0 Å². The van der Waals surface area contributed by atoms with Crippen molar-refractivity contribution in [3.05, 3.63) is 58.8 Å². The van der Waals surface area contributed by atoms with Crippen molar-refractivity contribution in [1.29, 1.82) is 0 Å². The van der Waals surface area contributed by atoms with Crippen molar-refractivity contribution in [1.82, 2.24) is 14.9 Å². The number of aromatic amines is 1. The maximum atomic E-state index is 12.9. The van der Waals surface area contributed by atoms with E-state index in [-0.39, 0.29) is 36.2 Å². The first-order valence-electron chi connectivity index (χ1n) is 13.4. The topological polar surface area (TPSA) is 106 Å². The zero-order chi connectivity index (χ0) is 26.4. The van der Waals surface area contributed by atoms with E-state index in [1.807, 2.05) is 6.07 Å². The average Bonchev–Trinajstić information content (AvgIpc) is 3.39. The molecule has 198 valence electrons. The van der Waals surface area contributed by atoms with Gasteiger partial charge in [0.25, 0.3) is 5.82 Å². The summed E-state index contributed by atoms with van der Waals surface area (Å²) in [6, 6.07) is 6.79. The molecule has 2 aliphatic rings. The molecule has 37 heavy (non-hydrogen) atoms. The van der Waals surface area contributed by atoms with Crippen LogP contribution in [-0.2, 0) is 0 Å². The second-order valence-corrected chi connectivity index (χ2v) is 11.1. The van der Waals surface area contributed by atoms with Gasteiger partial charge in [0.2, 0.25) is 5.82 Å². The van der Waals surface area contributed by atoms with Crippen LogP contribution in [0.25, 0.3) is 10.4 Å². The van der Waals surface area contributed by atoms with Crippen LogP contribution in [0.1, 0.15) is 86.5 Å². The lowest BCUT2D eigenvalue weighted by atomic mass is 9.76. The number of aromatic nitrogens is 2. The minimum atomic E-state index is -0.353. The summed E-state index contributed by atoms with van der Waals surface area (Å²) in [6.45, 7) is 13.1. The molecule has 1 aromatic carbocycles. The summed E-state index contributed by atoms with van der Waals surface area (Å²) in [4.78, 5) is 25.2. The highest BCUT2D eigenvalue weighted by Crippen LogP contribution is 2.42. The normalized spacial score (nSPS) is 21.4. The summed E-state index contributed by atoms with van der Waals surface area (Å²) in [6.07, 6.45) is 10.9. The van der Waals surface area contributed by atoms with Gasteiger partial charge in [-0.25, -0.2) is 4.98 Å². The molecule has 0 bridgehead atoms. The molecule has 2 aliphatic carbocycles. The summed E-state index contributed by atoms with van der Waals surface area (Å²) in [5, 5.41) is 21.8. The highest BCUT2D eigenvalue weighted by molar-refractivity contribution is 6.03. The molecule has 0 saturated heterocycles. The van der Waals surface area contributed by atoms with E-state index in [0.717, 1.165) is 56.2 Å². The first-order chi connectivity index (χ1) is 17.8. The van der Waals surface area contributed by atoms with Gasteiger partial charge in [0.1, 0.15) is 0 Å². The van der Waals surface area contributed by atoms with Crippen molar-refractivity contribution in [2.24, 2.45) is 5.41 Å². The molecular formula is C29H39N5O3. The molecule has 8 nitrogen and oxygen atoms in total. The van der Waals surface area contributed by atoms with Gasteiger partial charge in [0.05, 0.1) is 19.4 Å². The second kappa shape index (κ2) is 12.0. The van der Waals surface area contributed by atoms with E-state index in [0.29, 0.717) is 25.0 Å². The molecule has 1 fully saturated rings. The first-order valence-corrected chi connectivity index (χ1v) is 13.4. The van der Waals surface area contributed by atoms with Crippen molar-refractivity contribution in [2.45, 2.75) is 70.8 Å². The second-order valence-electron chi connectivity index (χ2n) is 11.1. The molecule has 4 rings (SSSR count). The van der Waals surface area contributed by atoms with E-state index in [2.05, 4.69) is 57.1 Å². The van der Waals surface area contributed by atoms with Crippen LogP contribution >= 0.6 is 0 Å². The van der Waals surface area contributed by atoms with Crippen molar-refractivity contribution in [3.8, 4) is 0 Å². The summed E-state index contributed by atoms with van der Waals surface area (Å²) < 4.78 is 0. The van der Waals surface area contributed by atoms with Crippen LogP contribution in [-0.4, -0.2) is 63.3 Å². The Labute approximate surface area is 219 Å². The fourth-order valence-electron chi connectivity index (χ4n) is 5.69. The lowest BCUT2D eigenvalue weighted by Gasteiger charge is -2.37. The minimum absolute atomic E-state index is 0.111. The number of nitrogens with one attached hydrogen (secondary N) is 2. The number of rotatable bonds is 9. The maximum Gasteiger partial charge on any atom is 0.314 e. The fraction of sp³-hybridized carbons (Fsp3) is 0.552. The third kappa shape index (κ3) is 6.67. The van der Waals surface area contributed by atoms with Crippen molar-refractivity contribution in [2.75, 3.05) is 31.6 Å². The molecule has 1 heterocycles. The van der Waals surface area contributed by atoms with Crippen molar-refractivity contribution < 1.29 is 15.0 Å². The lowest BCUT2D eigenvalue weighted by molar-refractivity contribution is 0.0975. The van der Waals surface area contributed by atoms with Gasteiger partial charge >= 0.3 is 5.91 Å². The van der Waals surface area contributed by atoms with Crippen LogP contribution in [0.4, 0.5) is 11.5 Å². The molecule has 0 unspecified atom stereocenters. The summed E-state index contributed by atoms with van der Waals surface area (Å²) in [5.41, 5.74) is 4.68. The Morgan fingerprint density at radius 3 is 2.54 bits per heavy atom. The van der Waals surface area contributed by atoms with Gasteiger partial charge in [-0.3, -0.25) is 14.7 Å². The number of carbonyl (C=O) groups is 1. The third-order valence-corrected chi connectivity index (χ3v) is 7.97. The van der Waals surface area contributed by atoms with Gasteiger partial charge in [0, 0.05) is 30.4 Å². The standard InChI is InChI=1S/C29H39N5O3/c1-29(2)12-10-21(11-13-29)24-18-22(20-4-7-23(8-5-20)34(14-16-35)15-17-36)6-9-25(24)32-28(37)27-31-19-26(30-3)33-27/h6,9-10,18-20,23,35-36H,4-5,7-8,11-17H2,1-2H3,(H,31,33)(H,32,37). The molecule has 0 atom stereocenters. The van der Waals surface area contributed by atoms with Crippen LogP contribution in [0.2, 0.25) is 0 Å². The quantitative estimate of drug-likeness (QED) is 0.354. The molecule has 8 heteroatoms. The maximum absolute atomic E-state index is 12.9. The van der Waals surface area contributed by atoms with Crippen molar-refractivity contribution in [3.63, 3.8) is 0 Å². The molecular weight excluding hydrogens is 466 g/mol. The van der Waals surface area contributed by atoms with E-state index < -0.39 is 0 Å². The van der Waals surface area contributed by atoms with E-state index in [1.165, 1.54) is 17.3 Å². The number of aliphatic hydroxyl groups excluding tert-OH is 2. The van der Waals surface area contributed by atoms with E-state index >= 15 is 0 Å². The Morgan fingerprint density at radius 1 is 1.22 bits per heavy atom. The monoisotopic (exact) mass is 505 g/mol. The van der Waals surface area contributed by atoms with Gasteiger partial charge in [-0.05, 0) is 79.5 Å². The Balaban J connectivity index is 1.55. The number of imidazole rings is 1. The number of nitrogens with zero attached hydrogens (tertiary/aromatic N) is 3. The lowest BCUT2D eigenvalue weighted by Crippen LogP contribution is -2.41. The van der Waals surface area contributed by atoms with Gasteiger partial charge < -0.3 is 20.4 Å². The number of hydrogen-bond acceptors (Lipinski definition) is 5. The summed E-state index contributed by atoms with van der Waals surface area (Å²) >= 11 is 0. The SMILES string of the molecule is [C-]#[N+]c1cnc(C(=O)Nc2ccc(C3CCC(N(CCO)CCO)CC3)cc2C2=CCC(C)(C)CC2)[nH]1. The number of aliphatic hydroxyl groups is 2. The minimum Gasteiger partial charge on any atom is -0.395 e. The van der Waals surface area contributed by atoms with Crippen LogP contribution < -0.4 is 5.32 Å². The summed E-state index contributed by atoms with van der Waals surface area (Å²) in [5.74, 6) is 0.462. The van der Waals surface area contributed by atoms with Gasteiger partial charge in [-0.1, -0.05) is 32.6 Å². The molecule has 0 radical (unpaired) electrons. The number of anilines is 1. The molecule has 1 saturated carbocycles. The number of benzene rings is 1. The zero-order valence-corrected chi connectivity index (χ0v) is 22.0. The van der Waals surface area contributed by atoms with Crippen molar-refractivity contribution >= 4 is 23.0 Å². The molecule has 0 aliphatic heterocycles. The van der Waals surface area contributed by atoms with E-state index in [9.17, 15) is 15.0 Å². The Bertz CT molecular complexity index is 1150. The number of amides is 1. The third-order valence-electron chi connectivity index (χ3n) is 7.97. The predicted molar refractivity (Wildman–Crippen MR) is 146 cm³/mol. The van der Waals surface area contributed by atoms with E-state index in [4.69, 9.17) is 6.57 Å². The number of carbonyl (C=O) groups excluding carboxylic acids is 1. The van der Waals surface area contributed by atoms with Crippen LogP contribution in [0.3, 0.4) is 0 Å². The average molecular weight is 506 g/mol. The molecule has 1 amide bonds. The highest BCUT2D eigenvalue weighted by atomic mass is 16.3.